The second-order valence-corrected chi connectivity index (χ2v) is 8.63. The number of amides is 1. The van der Waals surface area contributed by atoms with Gasteiger partial charge in [-0.25, -0.2) is 13.1 Å². The number of hydrogen-bond donors (Lipinski definition) is 2. The highest BCUT2D eigenvalue weighted by Gasteiger charge is 2.17. The predicted molar refractivity (Wildman–Crippen MR) is 113 cm³/mol. The number of benzene rings is 2. The van der Waals surface area contributed by atoms with Gasteiger partial charge in [-0.3, -0.25) is 9.59 Å². The van der Waals surface area contributed by atoms with E-state index in [4.69, 9.17) is 0 Å². The fraction of sp³-hybridized carbons (Fsp3) is 0.238. The van der Waals surface area contributed by atoms with E-state index < -0.39 is 15.9 Å². The van der Waals surface area contributed by atoms with Crippen LogP contribution in [0.2, 0.25) is 0 Å². The lowest BCUT2D eigenvalue weighted by molar-refractivity contribution is 0.0955. The first-order valence-corrected chi connectivity index (χ1v) is 10.6. The van der Waals surface area contributed by atoms with Gasteiger partial charge in [-0.1, -0.05) is 30.3 Å². The van der Waals surface area contributed by atoms with E-state index in [9.17, 15) is 18.0 Å². The van der Waals surface area contributed by atoms with E-state index in [2.05, 4.69) is 10.0 Å². The molecule has 0 bridgehead atoms. The molecular weight excluding hydrogens is 390 g/mol. The van der Waals surface area contributed by atoms with Crippen molar-refractivity contribution in [1.82, 2.24) is 14.6 Å². The Kier molecular flexibility index (Phi) is 5.86. The van der Waals surface area contributed by atoms with Crippen LogP contribution >= 0.6 is 0 Å². The number of aryl methyl sites for hydroxylation is 3. The maximum absolute atomic E-state index is 12.6. The van der Waals surface area contributed by atoms with Crippen LogP contribution in [0.25, 0.3) is 10.9 Å². The maximum atomic E-state index is 12.6. The van der Waals surface area contributed by atoms with Crippen molar-refractivity contribution >= 4 is 26.8 Å². The van der Waals surface area contributed by atoms with Crippen molar-refractivity contribution in [3.05, 3.63) is 75.6 Å². The number of sulfonamides is 1. The molecule has 2 N–H and O–H groups in total. The Hall–Kier alpha value is -2.97. The van der Waals surface area contributed by atoms with Crippen molar-refractivity contribution in [2.45, 2.75) is 18.7 Å². The summed E-state index contributed by atoms with van der Waals surface area (Å²) in [6, 6.07) is 13.6. The van der Waals surface area contributed by atoms with Crippen molar-refractivity contribution in [2.24, 2.45) is 7.05 Å². The summed E-state index contributed by atoms with van der Waals surface area (Å²) in [4.78, 5) is 24.9. The average molecular weight is 413 g/mol. The number of fused-ring (bicyclic) bond motifs is 1. The minimum Gasteiger partial charge on any atom is -0.351 e. The molecule has 2 aromatic carbocycles. The van der Waals surface area contributed by atoms with Crippen LogP contribution < -0.4 is 15.6 Å². The topological polar surface area (TPSA) is 97.3 Å². The Labute approximate surface area is 169 Å². The first-order valence-electron chi connectivity index (χ1n) is 9.14. The molecule has 0 spiro atoms. The number of para-hydroxylation sites is 1. The minimum atomic E-state index is -3.68. The van der Waals surface area contributed by atoms with Crippen LogP contribution in [0.1, 0.15) is 21.5 Å². The van der Waals surface area contributed by atoms with E-state index >= 15 is 0 Å². The summed E-state index contributed by atoms with van der Waals surface area (Å²) in [5.41, 5.74) is 2.13. The standard InChI is InChI=1S/C21H23N3O4S/c1-14-8-9-15(2)19(12-14)29(27,28)23-11-10-22-21(26)17-13-20(25)24(3)18-7-5-4-6-16(17)18/h4-9,12-13,23H,10-11H2,1-3H3,(H,22,26). The van der Waals surface area contributed by atoms with Gasteiger partial charge in [0, 0.05) is 31.6 Å². The predicted octanol–water partition coefficient (Wildman–Crippen LogP) is 1.86. The van der Waals surface area contributed by atoms with E-state index in [0.29, 0.717) is 16.5 Å². The van der Waals surface area contributed by atoms with Crippen LogP contribution in [0.4, 0.5) is 0 Å². The number of rotatable bonds is 6. The van der Waals surface area contributed by atoms with E-state index in [0.717, 1.165) is 5.56 Å². The summed E-state index contributed by atoms with van der Waals surface area (Å²) in [7, 11) is -2.03. The van der Waals surface area contributed by atoms with Crippen LogP contribution in [-0.4, -0.2) is 32.0 Å². The van der Waals surface area contributed by atoms with Crippen LogP contribution in [0.15, 0.2) is 58.2 Å². The lowest BCUT2D eigenvalue weighted by atomic mass is 10.1. The second kappa shape index (κ2) is 8.18. The number of carbonyl (C=O) groups is 1. The van der Waals surface area contributed by atoms with Crippen molar-refractivity contribution in [2.75, 3.05) is 13.1 Å². The van der Waals surface area contributed by atoms with Crippen molar-refractivity contribution < 1.29 is 13.2 Å². The molecule has 8 heteroatoms. The number of hydrogen-bond acceptors (Lipinski definition) is 4. The van der Waals surface area contributed by atoms with Crippen LogP contribution in [0, 0.1) is 13.8 Å². The average Bonchev–Trinajstić information content (AvgIpc) is 2.69. The summed E-state index contributed by atoms with van der Waals surface area (Å²) in [5.74, 6) is -0.426. The fourth-order valence-electron chi connectivity index (χ4n) is 3.13. The lowest BCUT2D eigenvalue weighted by Gasteiger charge is -2.12. The molecule has 0 aliphatic rings. The summed E-state index contributed by atoms with van der Waals surface area (Å²) < 4.78 is 29.0. The highest BCUT2D eigenvalue weighted by atomic mass is 32.2. The Balaban J connectivity index is 1.70. The molecule has 3 rings (SSSR count). The molecule has 1 heterocycles. The Morgan fingerprint density at radius 1 is 1.03 bits per heavy atom. The molecule has 152 valence electrons. The van der Waals surface area contributed by atoms with Gasteiger partial charge in [0.25, 0.3) is 11.5 Å². The Morgan fingerprint density at radius 2 is 1.76 bits per heavy atom. The van der Waals surface area contributed by atoms with Gasteiger partial charge in [0.05, 0.1) is 16.0 Å². The Bertz CT molecular complexity index is 1250. The third-order valence-electron chi connectivity index (χ3n) is 4.73. The SMILES string of the molecule is Cc1ccc(C)c(S(=O)(=O)NCCNC(=O)c2cc(=O)n(C)c3ccccc23)c1. The highest BCUT2D eigenvalue weighted by molar-refractivity contribution is 7.89. The van der Waals surface area contributed by atoms with Crippen molar-refractivity contribution in [3.8, 4) is 0 Å². The zero-order valence-electron chi connectivity index (χ0n) is 16.5. The normalized spacial score (nSPS) is 11.6. The summed E-state index contributed by atoms with van der Waals surface area (Å²) in [5, 5.41) is 3.33. The molecule has 0 saturated carbocycles. The molecule has 0 fully saturated rings. The van der Waals surface area contributed by atoms with Crippen LogP contribution in [0.3, 0.4) is 0 Å². The monoisotopic (exact) mass is 413 g/mol. The lowest BCUT2D eigenvalue weighted by Crippen LogP contribution is -2.35. The number of nitrogens with zero attached hydrogens (tertiary/aromatic N) is 1. The minimum absolute atomic E-state index is 0.0320. The second-order valence-electron chi connectivity index (χ2n) is 6.90. The molecule has 0 radical (unpaired) electrons. The number of aromatic nitrogens is 1. The summed E-state index contributed by atoms with van der Waals surface area (Å²) in [6.07, 6.45) is 0. The first-order chi connectivity index (χ1) is 13.7. The van der Waals surface area contributed by atoms with Gasteiger partial charge in [-0.2, -0.15) is 0 Å². The molecule has 7 nitrogen and oxygen atoms in total. The van der Waals surface area contributed by atoms with Gasteiger partial charge in [-0.15, -0.1) is 0 Å². The Morgan fingerprint density at radius 3 is 2.52 bits per heavy atom. The van der Waals surface area contributed by atoms with Gasteiger partial charge in [0.1, 0.15) is 0 Å². The highest BCUT2D eigenvalue weighted by Crippen LogP contribution is 2.17. The molecular formula is C21H23N3O4S. The van der Waals surface area contributed by atoms with Crippen molar-refractivity contribution in [1.29, 1.82) is 0 Å². The molecule has 3 aromatic rings. The van der Waals surface area contributed by atoms with Gasteiger partial charge in [0.15, 0.2) is 0 Å². The van der Waals surface area contributed by atoms with E-state index in [-0.39, 0.29) is 29.1 Å². The number of carbonyl (C=O) groups excluding carboxylic acids is 1. The molecule has 29 heavy (non-hydrogen) atoms. The molecule has 0 atom stereocenters. The number of nitrogens with one attached hydrogen (secondary N) is 2. The zero-order valence-corrected chi connectivity index (χ0v) is 17.3. The molecule has 0 saturated heterocycles. The third kappa shape index (κ3) is 4.38. The van der Waals surface area contributed by atoms with Gasteiger partial charge in [0.2, 0.25) is 10.0 Å². The third-order valence-corrected chi connectivity index (χ3v) is 6.34. The molecule has 1 amide bonds. The quantitative estimate of drug-likeness (QED) is 0.603. The molecule has 1 aromatic heterocycles. The fourth-order valence-corrected chi connectivity index (χ4v) is 4.49. The molecule has 0 aliphatic heterocycles. The first kappa shape index (κ1) is 20.8. The van der Waals surface area contributed by atoms with Crippen molar-refractivity contribution in [3.63, 3.8) is 0 Å². The molecule has 0 unspecified atom stereocenters. The van der Waals surface area contributed by atoms with Crippen LogP contribution in [0.5, 0.6) is 0 Å². The smallest absolute Gasteiger partial charge is 0.252 e. The maximum Gasteiger partial charge on any atom is 0.252 e. The van der Waals surface area contributed by atoms with Gasteiger partial charge < -0.3 is 9.88 Å². The van der Waals surface area contributed by atoms with Crippen LogP contribution in [-0.2, 0) is 17.1 Å². The van der Waals surface area contributed by atoms with Gasteiger partial charge in [-0.05, 0) is 37.1 Å². The molecule has 0 aliphatic carbocycles. The zero-order chi connectivity index (χ0) is 21.2. The largest absolute Gasteiger partial charge is 0.351 e. The van der Waals surface area contributed by atoms with E-state index in [1.165, 1.54) is 10.6 Å². The number of pyridine rings is 1. The summed E-state index contributed by atoms with van der Waals surface area (Å²) in [6.45, 7) is 3.68. The van der Waals surface area contributed by atoms with E-state index in [1.807, 2.05) is 13.0 Å². The summed E-state index contributed by atoms with van der Waals surface area (Å²) >= 11 is 0. The van der Waals surface area contributed by atoms with Gasteiger partial charge >= 0.3 is 0 Å². The van der Waals surface area contributed by atoms with E-state index in [1.54, 1.807) is 50.4 Å².